The minimum absolute atomic E-state index is 0.793. The van der Waals surface area contributed by atoms with E-state index in [1.807, 2.05) is 38.1 Å². The standard InChI is InChI=1S/C17H21N3/c1-4-6-9-14(5-2)12-18-17-15-10-7-8-11-16(15)19-13(3)20-17/h4,6-11H,5,12H2,1-3H3,(H,18,19,20)/b6-4-,14-9+. The van der Waals surface area contributed by atoms with Gasteiger partial charge in [-0.1, -0.05) is 42.9 Å². The second kappa shape index (κ2) is 6.85. The van der Waals surface area contributed by atoms with Crippen molar-refractivity contribution in [3.63, 3.8) is 0 Å². The predicted octanol–water partition coefficient (Wildman–Crippen LogP) is 4.26. The first-order chi connectivity index (χ1) is 9.74. The Kier molecular flexibility index (Phi) is 4.88. The van der Waals surface area contributed by atoms with Crippen LogP contribution >= 0.6 is 0 Å². The normalized spacial score (nSPS) is 12.2. The van der Waals surface area contributed by atoms with Gasteiger partial charge in [0.1, 0.15) is 11.6 Å². The predicted molar refractivity (Wildman–Crippen MR) is 86.0 cm³/mol. The first-order valence-corrected chi connectivity index (χ1v) is 7.02. The smallest absolute Gasteiger partial charge is 0.137 e. The highest BCUT2D eigenvalue weighted by Gasteiger charge is 2.05. The molecule has 0 aliphatic rings. The maximum atomic E-state index is 4.52. The summed E-state index contributed by atoms with van der Waals surface area (Å²) in [4.78, 5) is 8.98. The van der Waals surface area contributed by atoms with E-state index in [1.54, 1.807) is 0 Å². The molecule has 0 amide bonds. The van der Waals surface area contributed by atoms with Crippen molar-refractivity contribution >= 4 is 16.7 Å². The number of nitrogens with zero attached hydrogens (tertiary/aromatic N) is 2. The zero-order chi connectivity index (χ0) is 14.4. The number of hydrogen-bond donors (Lipinski definition) is 1. The molecular formula is C17H21N3. The molecule has 0 fully saturated rings. The Balaban J connectivity index is 2.25. The number of aromatic nitrogens is 2. The van der Waals surface area contributed by atoms with Crippen LogP contribution in [0.5, 0.6) is 0 Å². The van der Waals surface area contributed by atoms with Crippen LogP contribution in [0.3, 0.4) is 0 Å². The van der Waals surface area contributed by atoms with Crippen molar-refractivity contribution in [2.24, 2.45) is 0 Å². The highest BCUT2D eigenvalue weighted by atomic mass is 15.0. The number of fused-ring (bicyclic) bond motifs is 1. The molecule has 1 N–H and O–H groups in total. The molecular weight excluding hydrogens is 246 g/mol. The molecule has 0 aliphatic carbocycles. The first-order valence-electron chi connectivity index (χ1n) is 7.02. The first kappa shape index (κ1) is 14.3. The number of anilines is 1. The Hall–Kier alpha value is -2.16. The lowest BCUT2D eigenvalue weighted by Gasteiger charge is -2.10. The molecule has 1 heterocycles. The number of para-hydroxylation sites is 1. The molecule has 3 heteroatoms. The summed E-state index contributed by atoms with van der Waals surface area (Å²) in [5, 5.41) is 4.50. The van der Waals surface area contributed by atoms with E-state index in [0.717, 1.165) is 35.5 Å². The molecule has 2 rings (SSSR count). The van der Waals surface area contributed by atoms with Gasteiger partial charge in [-0.15, -0.1) is 0 Å². The van der Waals surface area contributed by atoms with E-state index in [4.69, 9.17) is 0 Å². The third-order valence-electron chi connectivity index (χ3n) is 3.18. The van der Waals surface area contributed by atoms with Gasteiger partial charge in [0.15, 0.2) is 0 Å². The van der Waals surface area contributed by atoms with E-state index in [1.165, 1.54) is 5.57 Å². The SMILES string of the molecule is C/C=C\C=C(/CC)CNc1nc(C)nc2ccccc12. The fourth-order valence-corrected chi connectivity index (χ4v) is 2.06. The summed E-state index contributed by atoms with van der Waals surface area (Å²) in [6.07, 6.45) is 7.30. The van der Waals surface area contributed by atoms with E-state index >= 15 is 0 Å². The van der Waals surface area contributed by atoms with Gasteiger partial charge in [0, 0.05) is 11.9 Å². The monoisotopic (exact) mass is 267 g/mol. The van der Waals surface area contributed by atoms with Crippen LogP contribution in [0.2, 0.25) is 0 Å². The molecule has 0 radical (unpaired) electrons. The van der Waals surface area contributed by atoms with Crippen LogP contribution in [-0.2, 0) is 0 Å². The van der Waals surface area contributed by atoms with Crippen molar-refractivity contribution in [1.82, 2.24) is 9.97 Å². The average molecular weight is 267 g/mol. The quantitative estimate of drug-likeness (QED) is 0.822. The Morgan fingerprint density at radius 2 is 2.05 bits per heavy atom. The second-order valence-electron chi connectivity index (χ2n) is 4.69. The number of aryl methyl sites for hydroxylation is 1. The molecule has 20 heavy (non-hydrogen) atoms. The summed E-state index contributed by atoms with van der Waals surface area (Å²) >= 11 is 0. The van der Waals surface area contributed by atoms with E-state index in [-0.39, 0.29) is 0 Å². The molecule has 0 aliphatic heterocycles. The Labute approximate surface area is 120 Å². The van der Waals surface area contributed by atoms with Crippen molar-refractivity contribution in [2.75, 3.05) is 11.9 Å². The van der Waals surface area contributed by atoms with Crippen LogP contribution in [0.15, 0.2) is 48.1 Å². The van der Waals surface area contributed by atoms with Crippen molar-refractivity contribution in [3.8, 4) is 0 Å². The van der Waals surface area contributed by atoms with Crippen molar-refractivity contribution < 1.29 is 0 Å². The van der Waals surface area contributed by atoms with Crippen LogP contribution in [-0.4, -0.2) is 16.5 Å². The Morgan fingerprint density at radius 3 is 2.80 bits per heavy atom. The molecule has 0 saturated heterocycles. The molecule has 0 spiro atoms. The van der Waals surface area contributed by atoms with Gasteiger partial charge in [0.25, 0.3) is 0 Å². The number of rotatable bonds is 5. The van der Waals surface area contributed by atoms with Crippen molar-refractivity contribution in [3.05, 3.63) is 53.9 Å². The van der Waals surface area contributed by atoms with Crippen LogP contribution in [0.4, 0.5) is 5.82 Å². The largest absolute Gasteiger partial charge is 0.366 e. The molecule has 0 unspecified atom stereocenters. The Morgan fingerprint density at radius 1 is 1.25 bits per heavy atom. The van der Waals surface area contributed by atoms with Crippen molar-refractivity contribution in [1.29, 1.82) is 0 Å². The zero-order valence-electron chi connectivity index (χ0n) is 12.4. The van der Waals surface area contributed by atoms with Gasteiger partial charge in [-0.3, -0.25) is 0 Å². The van der Waals surface area contributed by atoms with Crippen LogP contribution in [0, 0.1) is 6.92 Å². The van der Waals surface area contributed by atoms with Gasteiger partial charge in [0.05, 0.1) is 5.52 Å². The third-order valence-corrected chi connectivity index (χ3v) is 3.18. The van der Waals surface area contributed by atoms with Gasteiger partial charge in [-0.2, -0.15) is 0 Å². The number of hydrogen-bond acceptors (Lipinski definition) is 3. The Bertz CT molecular complexity index is 642. The number of benzene rings is 1. The summed E-state index contributed by atoms with van der Waals surface area (Å²) in [6, 6.07) is 8.09. The maximum absolute atomic E-state index is 4.52. The summed E-state index contributed by atoms with van der Waals surface area (Å²) in [5.41, 5.74) is 2.33. The van der Waals surface area contributed by atoms with E-state index < -0.39 is 0 Å². The topological polar surface area (TPSA) is 37.8 Å². The van der Waals surface area contributed by atoms with Crippen LogP contribution in [0.1, 0.15) is 26.1 Å². The van der Waals surface area contributed by atoms with Gasteiger partial charge < -0.3 is 5.32 Å². The number of allylic oxidation sites excluding steroid dienone is 3. The summed E-state index contributed by atoms with van der Waals surface area (Å²) in [5.74, 6) is 1.70. The molecule has 2 aromatic rings. The maximum Gasteiger partial charge on any atom is 0.137 e. The zero-order valence-corrected chi connectivity index (χ0v) is 12.4. The summed E-state index contributed by atoms with van der Waals surface area (Å²) < 4.78 is 0. The van der Waals surface area contributed by atoms with Crippen LogP contribution in [0.25, 0.3) is 10.9 Å². The van der Waals surface area contributed by atoms with Gasteiger partial charge in [-0.05, 0) is 32.4 Å². The molecule has 1 aromatic carbocycles. The molecule has 1 aromatic heterocycles. The minimum Gasteiger partial charge on any atom is -0.366 e. The number of nitrogens with one attached hydrogen (secondary N) is 1. The van der Waals surface area contributed by atoms with E-state index in [2.05, 4.69) is 40.4 Å². The second-order valence-corrected chi connectivity index (χ2v) is 4.69. The molecule has 0 bridgehead atoms. The lowest BCUT2D eigenvalue weighted by Crippen LogP contribution is -2.07. The minimum atomic E-state index is 0.793. The fraction of sp³-hybridized carbons (Fsp3) is 0.294. The van der Waals surface area contributed by atoms with Gasteiger partial charge >= 0.3 is 0 Å². The molecule has 104 valence electrons. The average Bonchev–Trinajstić information content (AvgIpc) is 2.47. The van der Waals surface area contributed by atoms with Gasteiger partial charge in [-0.25, -0.2) is 9.97 Å². The highest BCUT2D eigenvalue weighted by molar-refractivity contribution is 5.89. The molecule has 3 nitrogen and oxygen atoms in total. The fourth-order valence-electron chi connectivity index (χ4n) is 2.06. The lowest BCUT2D eigenvalue weighted by atomic mass is 10.1. The van der Waals surface area contributed by atoms with Crippen molar-refractivity contribution in [2.45, 2.75) is 27.2 Å². The lowest BCUT2D eigenvalue weighted by molar-refractivity contribution is 1.02. The highest BCUT2D eigenvalue weighted by Crippen LogP contribution is 2.20. The van der Waals surface area contributed by atoms with E-state index in [0.29, 0.717) is 0 Å². The summed E-state index contributed by atoms with van der Waals surface area (Å²) in [7, 11) is 0. The molecule has 0 saturated carbocycles. The molecule has 0 atom stereocenters. The van der Waals surface area contributed by atoms with E-state index in [9.17, 15) is 0 Å². The summed E-state index contributed by atoms with van der Waals surface area (Å²) in [6.45, 7) is 6.92. The van der Waals surface area contributed by atoms with Crippen LogP contribution < -0.4 is 5.32 Å². The third kappa shape index (κ3) is 3.44. The van der Waals surface area contributed by atoms with Gasteiger partial charge in [0.2, 0.25) is 0 Å².